The number of hydrogen-bond acceptors (Lipinski definition) is 4. The second-order valence-electron chi connectivity index (χ2n) is 11.3. The number of ether oxygens (including phenoxy) is 1. The maximum absolute atomic E-state index is 11.9. The van der Waals surface area contributed by atoms with Crippen molar-refractivity contribution >= 4 is 22.6 Å². The Balaban J connectivity index is 1.46. The summed E-state index contributed by atoms with van der Waals surface area (Å²) < 4.78 is 8.20. The maximum atomic E-state index is 11.9. The highest BCUT2D eigenvalue weighted by Gasteiger charge is 2.31. The number of carboxylic acids is 1. The van der Waals surface area contributed by atoms with E-state index >= 15 is 0 Å². The zero-order valence-corrected chi connectivity index (χ0v) is 22.2. The van der Waals surface area contributed by atoms with E-state index in [1.807, 2.05) is 6.07 Å². The number of rotatable bonds is 5. The van der Waals surface area contributed by atoms with Gasteiger partial charge in [-0.15, -0.1) is 0 Å². The van der Waals surface area contributed by atoms with Crippen molar-refractivity contribution in [1.82, 2.24) is 9.47 Å². The van der Waals surface area contributed by atoms with Gasteiger partial charge in [-0.3, -0.25) is 4.90 Å². The first-order valence-corrected chi connectivity index (χ1v) is 14.1. The Morgan fingerprint density at radius 1 is 1.03 bits per heavy atom. The lowest BCUT2D eigenvalue weighted by Gasteiger charge is -2.34. The number of aryl methyl sites for hydroxylation is 1. The number of aromatic nitrogens is 1. The molecule has 6 heteroatoms. The fourth-order valence-electron chi connectivity index (χ4n) is 6.87. The van der Waals surface area contributed by atoms with E-state index in [1.54, 1.807) is 6.07 Å². The zero-order valence-electron chi connectivity index (χ0n) is 22.2. The van der Waals surface area contributed by atoms with Gasteiger partial charge in [0, 0.05) is 61.4 Å². The number of hydrogen-bond donors (Lipinski definition) is 1. The summed E-state index contributed by atoms with van der Waals surface area (Å²) in [5.41, 5.74) is 8.11. The number of fused-ring (bicyclic) bond motifs is 5. The normalized spacial score (nSPS) is 21.0. The largest absolute Gasteiger partial charge is 0.478 e. The Morgan fingerprint density at radius 3 is 2.65 bits per heavy atom. The number of nitrogens with zero attached hydrogens (tertiary/aromatic N) is 3. The predicted octanol–water partition coefficient (Wildman–Crippen LogP) is 5.90. The van der Waals surface area contributed by atoms with Crippen LogP contribution in [0.1, 0.15) is 66.4 Å². The number of morpholine rings is 1. The maximum Gasteiger partial charge on any atom is 0.335 e. The van der Waals surface area contributed by atoms with Gasteiger partial charge >= 0.3 is 5.97 Å². The first-order chi connectivity index (χ1) is 18.0. The van der Waals surface area contributed by atoms with E-state index in [-0.39, 0.29) is 0 Å². The van der Waals surface area contributed by atoms with Crippen LogP contribution in [0.5, 0.6) is 0 Å². The van der Waals surface area contributed by atoms with Crippen LogP contribution in [0.4, 0.5) is 5.69 Å². The summed E-state index contributed by atoms with van der Waals surface area (Å²) in [5.74, 6) is -0.332. The van der Waals surface area contributed by atoms with Crippen LogP contribution < -0.4 is 4.90 Å². The molecule has 2 aliphatic heterocycles. The summed E-state index contributed by atoms with van der Waals surface area (Å²) in [5, 5.41) is 11.0. The van der Waals surface area contributed by atoms with Crippen molar-refractivity contribution in [2.75, 3.05) is 44.2 Å². The Kier molecular flexibility index (Phi) is 6.72. The second kappa shape index (κ2) is 10.1. The summed E-state index contributed by atoms with van der Waals surface area (Å²) in [4.78, 5) is 17.0. The highest BCUT2D eigenvalue weighted by Crippen LogP contribution is 2.47. The van der Waals surface area contributed by atoms with Crippen molar-refractivity contribution in [2.45, 2.75) is 64.5 Å². The van der Waals surface area contributed by atoms with Gasteiger partial charge in [0.15, 0.2) is 0 Å². The van der Waals surface area contributed by atoms with Gasteiger partial charge in [0.1, 0.15) is 0 Å². The molecule has 1 saturated heterocycles. The van der Waals surface area contributed by atoms with Crippen LogP contribution in [0, 0.1) is 6.92 Å². The number of anilines is 1. The van der Waals surface area contributed by atoms with Crippen LogP contribution in [0.3, 0.4) is 0 Å². The standard InChI is InChI=1S/C31H39N3O3/c1-21-8-10-26-27(18-21)33(13-12-32-16-17-37-22(2)20-32)14-15-34-28-19-24(31(35)36)9-11-25(28)29(30(26)34)23-6-4-3-5-7-23/h8-11,18-19,22-23H,3-7,12-17,20H2,1-2H3,(H,35,36). The third-order valence-electron chi connectivity index (χ3n) is 8.72. The van der Waals surface area contributed by atoms with Crippen molar-refractivity contribution in [2.24, 2.45) is 0 Å². The van der Waals surface area contributed by atoms with Gasteiger partial charge < -0.3 is 19.3 Å². The molecule has 0 radical (unpaired) electrons. The molecule has 1 saturated carbocycles. The quantitative estimate of drug-likeness (QED) is 0.472. The molecule has 37 heavy (non-hydrogen) atoms. The van der Waals surface area contributed by atoms with Crippen LogP contribution in [-0.2, 0) is 11.3 Å². The van der Waals surface area contributed by atoms with Crippen molar-refractivity contribution in [3.8, 4) is 11.3 Å². The number of carboxylic acid groups (broad SMARTS) is 1. The molecular weight excluding hydrogens is 462 g/mol. The molecule has 2 fully saturated rings. The zero-order chi connectivity index (χ0) is 25.5. The fraction of sp³-hybridized carbons (Fsp3) is 0.516. The molecule has 0 amide bonds. The van der Waals surface area contributed by atoms with E-state index in [0.717, 1.165) is 51.4 Å². The summed E-state index contributed by atoms with van der Waals surface area (Å²) in [6, 6.07) is 12.7. The van der Waals surface area contributed by atoms with Gasteiger partial charge in [-0.05, 0) is 61.9 Å². The molecule has 196 valence electrons. The SMILES string of the molecule is Cc1ccc2c(c1)N(CCN1CCOC(C)C1)CCn1c-2c(C2CCCCC2)c2ccc(C(=O)O)cc21. The molecule has 0 spiro atoms. The van der Waals surface area contributed by atoms with Gasteiger partial charge in [0.25, 0.3) is 0 Å². The third kappa shape index (κ3) is 4.66. The molecule has 6 rings (SSSR count). The lowest BCUT2D eigenvalue weighted by atomic mass is 9.81. The monoisotopic (exact) mass is 501 g/mol. The Labute approximate surface area is 219 Å². The lowest BCUT2D eigenvalue weighted by Crippen LogP contribution is -2.45. The smallest absolute Gasteiger partial charge is 0.335 e. The van der Waals surface area contributed by atoms with E-state index in [4.69, 9.17) is 4.74 Å². The molecule has 6 nitrogen and oxygen atoms in total. The van der Waals surface area contributed by atoms with Crippen LogP contribution in [0.2, 0.25) is 0 Å². The van der Waals surface area contributed by atoms with E-state index in [1.165, 1.54) is 65.6 Å². The number of aromatic carboxylic acids is 1. The predicted molar refractivity (Wildman–Crippen MR) is 149 cm³/mol. The number of carbonyl (C=O) groups is 1. The molecule has 0 bridgehead atoms. The minimum Gasteiger partial charge on any atom is -0.478 e. The van der Waals surface area contributed by atoms with E-state index < -0.39 is 5.97 Å². The van der Waals surface area contributed by atoms with Crippen molar-refractivity contribution in [3.05, 3.63) is 53.1 Å². The Hall–Kier alpha value is -2.83. The highest BCUT2D eigenvalue weighted by atomic mass is 16.5. The molecular formula is C31H39N3O3. The molecule has 3 aromatic rings. The van der Waals surface area contributed by atoms with Crippen molar-refractivity contribution in [3.63, 3.8) is 0 Å². The molecule has 1 aromatic heterocycles. The topological polar surface area (TPSA) is 57.9 Å². The molecule has 3 heterocycles. The lowest BCUT2D eigenvalue weighted by molar-refractivity contribution is -0.0171. The summed E-state index contributed by atoms with van der Waals surface area (Å²) in [6.45, 7) is 10.9. The van der Waals surface area contributed by atoms with Crippen LogP contribution in [0.15, 0.2) is 36.4 Å². The van der Waals surface area contributed by atoms with Crippen LogP contribution in [-0.4, -0.2) is 66.0 Å². The van der Waals surface area contributed by atoms with Crippen LogP contribution >= 0.6 is 0 Å². The Morgan fingerprint density at radius 2 is 1.86 bits per heavy atom. The van der Waals surface area contributed by atoms with E-state index in [9.17, 15) is 9.90 Å². The van der Waals surface area contributed by atoms with Crippen LogP contribution in [0.25, 0.3) is 22.2 Å². The second-order valence-corrected chi connectivity index (χ2v) is 11.3. The minimum absolute atomic E-state index is 0.293. The molecule has 1 unspecified atom stereocenters. The van der Waals surface area contributed by atoms with Gasteiger partial charge in [0.05, 0.1) is 24.0 Å². The highest BCUT2D eigenvalue weighted by molar-refractivity contribution is 5.99. The average molecular weight is 502 g/mol. The van der Waals surface area contributed by atoms with Gasteiger partial charge in [0.2, 0.25) is 0 Å². The fourth-order valence-corrected chi connectivity index (χ4v) is 6.87. The van der Waals surface area contributed by atoms with Crippen molar-refractivity contribution in [1.29, 1.82) is 0 Å². The van der Waals surface area contributed by atoms with Gasteiger partial charge in [-0.1, -0.05) is 37.5 Å². The van der Waals surface area contributed by atoms with E-state index in [0.29, 0.717) is 17.6 Å². The first-order valence-electron chi connectivity index (χ1n) is 14.1. The number of benzene rings is 2. The average Bonchev–Trinajstić information content (AvgIpc) is 3.13. The van der Waals surface area contributed by atoms with E-state index in [2.05, 4.69) is 52.5 Å². The first kappa shape index (κ1) is 24.5. The van der Waals surface area contributed by atoms with Crippen molar-refractivity contribution < 1.29 is 14.6 Å². The Bertz CT molecular complexity index is 1310. The molecule has 1 aliphatic carbocycles. The van der Waals surface area contributed by atoms with Gasteiger partial charge in [-0.25, -0.2) is 4.79 Å². The summed E-state index contributed by atoms with van der Waals surface area (Å²) in [6.07, 6.45) is 6.59. The molecule has 1 N–H and O–H groups in total. The third-order valence-corrected chi connectivity index (χ3v) is 8.72. The summed E-state index contributed by atoms with van der Waals surface area (Å²) >= 11 is 0. The summed E-state index contributed by atoms with van der Waals surface area (Å²) in [7, 11) is 0. The molecule has 2 aromatic carbocycles. The van der Waals surface area contributed by atoms with Gasteiger partial charge in [-0.2, -0.15) is 0 Å². The molecule has 3 aliphatic rings. The molecule has 1 atom stereocenters. The minimum atomic E-state index is -0.859.